The van der Waals surface area contributed by atoms with E-state index >= 15 is 0 Å². The number of hydrogen-bond donors (Lipinski definition) is 0. The summed E-state index contributed by atoms with van der Waals surface area (Å²) in [6, 6.07) is 11.2. The standard InChI is InChI=1S/C20H24N2O4S/c1-15-13-18(25-2)5-6-20(15)27(23,24)22-8-7-16-3-4-17(14-19(16)22)21-9-11-26-12-10-21/h3-6,13-14H,7-12H2,1-2H3. The van der Waals surface area contributed by atoms with Crippen LogP contribution in [0.5, 0.6) is 5.75 Å². The van der Waals surface area contributed by atoms with Crippen LogP contribution in [0.15, 0.2) is 41.3 Å². The number of ether oxygens (including phenoxy) is 2. The van der Waals surface area contributed by atoms with E-state index in [1.165, 1.54) is 0 Å². The van der Waals surface area contributed by atoms with Gasteiger partial charge in [0.2, 0.25) is 0 Å². The molecule has 2 heterocycles. The molecule has 1 saturated heterocycles. The summed E-state index contributed by atoms with van der Waals surface area (Å²) in [5, 5.41) is 0. The molecule has 2 aromatic rings. The number of hydrogen-bond acceptors (Lipinski definition) is 5. The van der Waals surface area contributed by atoms with E-state index in [9.17, 15) is 8.42 Å². The molecule has 0 saturated carbocycles. The number of anilines is 2. The maximum atomic E-state index is 13.4. The number of benzene rings is 2. The molecule has 0 spiro atoms. The largest absolute Gasteiger partial charge is 0.497 e. The predicted octanol–water partition coefficient (Wildman–Crippen LogP) is 2.59. The lowest BCUT2D eigenvalue weighted by atomic mass is 10.1. The van der Waals surface area contributed by atoms with E-state index in [0.29, 0.717) is 36.0 Å². The third kappa shape index (κ3) is 3.26. The van der Waals surface area contributed by atoms with Gasteiger partial charge in [-0.05, 0) is 54.8 Å². The summed E-state index contributed by atoms with van der Waals surface area (Å²) in [5.74, 6) is 0.655. The van der Waals surface area contributed by atoms with Crippen molar-refractivity contribution in [1.82, 2.24) is 0 Å². The van der Waals surface area contributed by atoms with Crippen molar-refractivity contribution in [2.75, 3.05) is 49.2 Å². The summed E-state index contributed by atoms with van der Waals surface area (Å²) < 4.78 is 38.9. The Bertz CT molecular complexity index is 952. The van der Waals surface area contributed by atoms with Gasteiger partial charge in [0.25, 0.3) is 10.0 Å². The van der Waals surface area contributed by atoms with Crippen molar-refractivity contribution >= 4 is 21.4 Å². The number of morpholine rings is 1. The second kappa shape index (κ2) is 7.05. The van der Waals surface area contributed by atoms with Crippen molar-refractivity contribution in [3.63, 3.8) is 0 Å². The van der Waals surface area contributed by atoms with E-state index in [1.807, 2.05) is 6.07 Å². The lowest BCUT2D eigenvalue weighted by molar-refractivity contribution is 0.122. The minimum Gasteiger partial charge on any atom is -0.497 e. The van der Waals surface area contributed by atoms with E-state index in [1.54, 1.807) is 36.5 Å². The van der Waals surface area contributed by atoms with Crippen molar-refractivity contribution in [3.05, 3.63) is 47.5 Å². The first-order valence-corrected chi connectivity index (χ1v) is 10.6. The van der Waals surface area contributed by atoms with Crippen LogP contribution >= 0.6 is 0 Å². The van der Waals surface area contributed by atoms with E-state index in [2.05, 4.69) is 17.0 Å². The monoisotopic (exact) mass is 388 g/mol. The highest BCUT2D eigenvalue weighted by atomic mass is 32.2. The number of sulfonamides is 1. The Balaban J connectivity index is 1.70. The van der Waals surface area contributed by atoms with Crippen LogP contribution in [0.4, 0.5) is 11.4 Å². The lowest BCUT2D eigenvalue weighted by Gasteiger charge is -2.30. The quantitative estimate of drug-likeness (QED) is 0.806. The first-order chi connectivity index (χ1) is 13.0. The number of rotatable bonds is 4. The van der Waals surface area contributed by atoms with Crippen molar-refractivity contribution in [1.29, 1.82) is 0 Å². The highest BCUT2D eigenvalue weighted by Gasteiger charge is 2.32. The number of methoxy groups -OCH3 is 1. The minimum atomic E-state index is -3.62. The molecule has 7 heteroatoms. The van der Waals surface area contributed by atoms with Crippen molar-refractivity contribution < 1.29 is 17.9 Å². The summed E-state index contributed by atoms with van der Waals surface area (Å²) >= 11 is 0. The molecule has 2 aromatic carbocycles. The molecule has 0 unspecified atom stereocenters. The molecule has 0 bridgehead atoms. The summed E-state index contributed by atoms with van der Waals surface area (Å²) in [7, 11) is -2.04. The fourth-order valence-corrected chi connectivity index (χ4v) is 5.47. The first-order valence-electron chi connectivity index (χ1n) is 9.14. The van der Waals surface area contributed by atoms with Gasteiger partial charge < -0.3 is 14.4 Å². The zero-order valence-electron chi connectivity index (χ0n) is 15.6. The molecule has 0 amide bonds. The van der Waals surface area contributed by atoms with Gasteiger partial charge in [-0.15, -0.1) is 0 Å². The minimum absolute atomic E-state index is 0.327. The summed E-state index contributed by atoms with van der Waals surface area (Å²) in [6.45, 7) is 5.31. The van der Waals surface area contributed by atoms with Crippen LogP contribution in [-0.4, -0.2) is 48.4 Å². The molecule has 0 atom stereocenters. The summed E-state index contributed by atoms with van der Waals surface area (Å²) in [6.07, 6.45) is 0.729. The molecule has 2 aliphatic rings. The van der Waals surface area contributed by atoms with Crippen LogP contribution < -0.4 is 13.9 Å². The maximum absolute atomic E-state index is 13.4. The van der Waals surface area contributed by atoms with Gasteiger partial charge in [0.05, 0.1) is 30.9 Å². The Morgan fingerprint density at radius 1 is 1.04 bits per heavy atom. The SMILES string of the molecule is COc1ccc(S(=O)(=O)N2CCc3ccc(N4CCOCC4)cc32)c(C)c1. The van der Waals surface area contributed by atoms with Crippen molar-refractivity contribution in [3.8, 4) is 5.75 Å². The van der Waals surface area contributed by atoms with Gasteiger partial charge in [-0.2, -0.15) is 0 Å². The Kier molecular flexibility index (Phi) is 4.74. The highest BCUT2D eigenvalue weighted by Crippen LogP contribution is 2.37. The van der Waals surface area contributed by atoms with Crippen LogP contribution in [0.1, 0.15) is 11.1 Å². The maximum Gasteiger partial charge on any atom is 0.264 e. The average molecular weight is 388 g/mol. The van der Waals surface area contributed by atoms with Crippen LogP contribution in [0.25, 0.3) is 0 Å². The molecular formula is C20H24N2O4S. The molecule has 0 N–H and O–H groups in total. The van der Waals surface area contributed by atoms with Gasteiger partial charge >= 0.3 is 0 Å². The molecular weight excluding hydrogens is 364 g/mol. The molecule has 144 valence electrons. The molecule has 27 heavy (non-hydrogen) atoms. The first kappa shape index (κ1) is 18.1. The molecule has 0 aliphatic carbocycles. The van der Waals surface area contributed by atoms with Gasteiger partial charge in [-0.3, -0.25) is 4.31 Å². The third-order valence-corrected chi connectivity index (χ3v) is 7.22. The predicted molar refractivity (Wildman–Crippen MR) is 105 cm³/mol. The zero-order chi connectivity index (χ0) is 19.0. The third-order valence-electron chi connectivity index (χ3n) is 5.25. The topological polar surface area (TPSA) is 59.1 Å². The summed E-state index contributed by atoms with van der Waals surface area (Å²) in [4.78, 5) is 2.57. The van der Waals surface area contributed by atoms with E-state index in [-0.39, 0.29) is 0 Å². The van der Waals surface area contributed by atoms with Crippen molar-refractivity contribution in [2.45, 2.75) is 18.2 Å². The van der Waals surface area contributed by atoms with Gasteiger partial charge in [-0.25, -0.2) is 8.42 Å². The second-order valence-corrected chi connectivity index (χ2v) is 8.70. The number of nitrogens with zero attached hydrogens (tertiary/aromatic N) is 2. The van der Waals surface area contributed by atoms with Gasteiger partial charge in [0.1, 0.15) is 5.75 Å². The summed E-state index contributed by atoms with van der Waals surface area (Å²) in [5.41, 5.74) is 3.59. The van der Waals surface area contributed by atoms with Gasteiger partial charge in [-0.1, -0.05) is 6.07 Å². The zero-order valence-corrected chi connectivity index (χ0v) is 16.5. The second-order valence-electron chi connectivity index (χ2n) is 6.87. The van der Waals surface area contributed by atoms with Crippen molar-refractivity contribution in [2.24, 2.45) is 0 Å². The van der Waals surface area contributed by atoms with Crippen LogP contribution in [-0.2, 0) is 21.2 Å². The number of aryl methyl sites for hydroxylation is 1. The lowest BCUT2D eigenvalue weighted by Crippen LogP contribution is -2.36. The Labute approximate surface area is 160 Å². The molecule has 0 radical (unpaired) electrons. The molecule has 2 aliphatic heterocycles. The van der Waals surface area contributed by atoms with Gasteiger partial charge in [0, 0.05) is 25.3 Å². The molecule has 0 aromatic heterocycles. The Hall–Kier alpha value is -2.25. The molecule has 4 rings (SSSR count). The van der Waals surface area contributed by atoms with Gasteiger partial charge in [0.15, 0.2) is 0 Å². The fraction of sp³-hybridized carbons (Fsp3) is 0.400. The number of fused-ring (bicyclic) bond motifs is 1. The molecule has 6 nitrogen and oxygen atoms in total. The molecule has 1 fully saturated rings. The Morgan fingerprint density at radius 3 is 2.52 bits per heavy atom. The average Bonchev–Trinajstić information content (AvgIpc) is 3.12. The Morgan fingerprint density at radius 2 is 1.81 bits per heavy atom. The smallest absolute Gasteiger partial charge is 0.264 e. The normalized spacial score (nSPS) is 17.1. The van der Waals surface area contributed by atoms with E-state index in [4.69, 9.17) is 9.47 Å². The van der Waals surface area contributed by atoms with Crippen LogP contribution in [0.2, 0.25) is 0 Å². The fourth-order valence-electron chi connectivity index (χ4n) is 3.76. The van der Waals surface area contributed by atoms with E-state index in [0.717, 1.165) is 36.4 Å². The van der Waals surface area contributed by atoms with E-state index < -0.39 is 10.0 Å². The highest BCUT2D eigenvalue weighted by molar-refractivity contribution is 7.93. The van der Waals surface area contributed by atoms with Crippen LogP contribution in [0.3, 0.4) is 0 Å². The van der Waals surface area contributed by atoms with Crippen LogP contribution in [0, 0.1) is 6.92 Å².